The molecule has 2 heterocycles. The number of rotatable bonds is 4. The molecule has 0 atom stereocenters. The highest BCUT2D eigenvalue weighted by Crippen LogP contribution is 2.20. The van der Waals surface area contributed by atoms with Gasteiger partial charge in [0.2, 0.25) is 5.95 Å². The maximum atomic E-state index is 11.6. The molecule has 0 bridgehead atoms. The van der Waals surface area contributed by atoms with E-state index < -0.39 is 0 Å². The van der Waals surface area contributed by atoms with Crippen LogP contribution < -0.4 is 16.3 Å². The van der Waals surface area contributed by atoms with Crippen molar-refractivity contribution in [3.63, 3.8) is 0 Å². The molecule has 0 amide bonds. The van der Waals surface area contributed by atoms with Crippen LogP contribution in [0.1, 0.15) is 16.7 Å². The van der Waals surface area contributed by atoms with Crippen molar-refractivity contribution in [3.05, 3.63) is 82.0 Å². The number of aromatic nitrogens is 3. The zero-order valence-electron chi connectivity index (χ0n) is 16.0. The van der Waals surface area contributed by atoms with Crippen molar-refractivity contribution in [3.8, 4) is 0 Å². The van der Waals surface area contributed by atoms with Crippen LogP contribution in [0.25, 0.3) is 11.0 Å². The minimum Gasteiger partial charge on any atom is -0.423 e. The fourth-order valence-electron chi connectivity index (χ4n) is 3.09. The molecule has 0 saturated heterocycles. The van der Waals surface area contributed by atoms with Crippen LogP contribution in [0.5, 0.6) is 0 Å². The molecule has 146 valence electrons. The average molecular weight is 405 g/mol. The van der Waals surface area contributed by atoms with E-state index in [2.05, 4.69) is 39.8 Å². The standard InChI is InChI=1S/C21H19N5O2S/c1-13-4-3-5-15(8-13)11-26-12-22-20(25-26)24-21(29)23-16-6-7-17-14(2)9-19(27)28-18(17)10-16/h3-10,12H,11H2,1-2H3,(H2,23,24,25,29). The van der Waals surface area contributed by atoms with Crippen LogP contribution in [0.15, 0.2) is 64.1 Å². The molecule has 0 unspecified atom stereocenters. The molecule has 7 nitrogen and oxygen atoms in total. The predicted octanol–water partition coefficient (Wildman–Crippen LogP) is 3.86. The highest BCUT2D eigenvalue weighted by atomic mass is 32.1. The van der Waals surface area contributed by atoms with Crippen molar-refractivity contribution >= 4 is 39.9 Å². The smallest absolute Gasteiger partial charge is 0.336 e. The summed E-state index contributed by atoms with van der Waals surface area (Å²) in [5, 5.41) is 11.6. The molecule has 4 rings (SSSR count). The molecule has 2 N–H and O–H groups in total. The van der Waals surface area contributed by atoms with Crippen LogP contribution >= 0.6 is 12.2 Å². The maximum absolute atomic E-state index is 11.6. The number of anilines is 2. The molecule has 2 aromatic heterocycles. The molecule has 0 radical (unpaired) electrons. The van der Waals surface area contributed by atoms with Crippen molar-refractivity contribution in [2.75, 3.05) is 10.6 Å². The lowest BCUT2D eigenvalue weighted by Gasteiger charge is -2.09. The topological polar surface area (TPSA) is 85.0 Å². The van der Waals surface area contributed by atoms with Gasteiger partial charge in [-0.2, -0.15) is 0 Å². The third-order valence-electron chi connectivity index (χ3n) is 4.40. The quantitative estimate of drug-likeness (QED) is 0.394. The van der Waals surface area contributed by atoms with E-state index in [-0.39, 0.29) is 5.63 Å². The van der Waals surface area contributed by atoms with E-state index in [4.69, 9.17) is 16.6 Å². The highest BCUT2D eigenvalue weighted by molar-refractivity contribution is 7.80. The summed E-state index contributed by atoms with van der Waals surface area (Å²) in [6.07, 6.45) is 1.65. The molecule has 0 fully saturated rings. The number of hydrogen-bond donors (Lipinski definition) is 2. The van der Waals surface area contributed by atoms with Crippen molar-refractivity contribution < 1.29 is 4.42 Å². The van der Waals surface area contributed by atoms with E-state index in [0.717, 1.165) is 16.5 Å². The van der Waals surface area contributed by atoms with E-state index in [1.165, 1.54) is 11.6 Å². The molecular formula is C21H19N5O2S. The van der Waals surface area contributed by atoms with Gasteiger partial charge in [-0.3, -0.25) is 5.32 Å². The second kappa shape index (κ2) is 7.84. The Morgan fingerprint density at radius 3 is 2.83 bits per heavy atom. The van der Waals surface area contributed by atoms with E-state index in [0.29, 0.717) is 28.9 Å². The van der Waals surface area contributed by atoms with Crippen molar-refractivity contribution in [1.82, 2.24) is 14.8 Å². The molecule has 0 saturated carbocycles. The first-order valence-corrected chi connectivity index (χ1v) is 9.44. The summed E-state index contributed by atoms with van der Waals surface area (Å²) in [5.74, 6) is 0.401. The van der Waals surface area contributed by atoms with Crippen LogP contribution in [0, 0.1) is 13.8 Å². The molecule has 0 spiro atoms. The average Bonchev–Trinajstić information content (AvgIpc) is 3.07. The summed E-state index contributed by atoms with van der Waals surface area (Å²) in [6.45, 7) is 4.55. The van der Waals surface area contributed by atoms with Gasteiger partial charge in [-0.1, -0.05) is 29.8 Å². The van der Waals surface area contributed by atoms with Crippen LogP contribution in [-0.4, -0.2) is 19.9 Å². The molecule has 2 aromatic carbocycles. The van der Waals surface area contributed by atoms with Gasteiger partial charge in [-0.05, 0) is 49.3 Å². The molecule has 0 aliphatic heterocycles. The van der Waals surface area contributed by atoms with E-state index in [1.54, 1.807) is 17.1 Å². The van der Waals surface area contributed by atoms with Gasteiger partial charge in [-0.25, -0.2) is 14.5 Å². The summed E-state index contributed by atoms with van der Waals surface area (Å²) < 4.78 is 7.01. The van der Waals surface area contributed by atoms with Gasteiger partial charge in [0.15, 0.2) is 5.11 Å². The van der Waals surface area contributed by atoms with Crippen molar-refractivity contribution in [2.24, 2.45) is 0 Å². The Balaban J connectivity index is 1.43. The van der Waals surface area contributed by atoms with Gasteiger partial charge in [0.1, 0.15) is 11.9 Å². The largest absolute Gasteiger partial charge is 0.423 e. The lowest BCUT2D eigenvalue weighted by molar-refractivity contribution is 0.560. The van der Waals surface area contributed by atoms with Crippen molar-refractivity contribution in [2.45, 2.75) is 20.4 Å². The van der Waals surface area contributed by atoms with Crippen LogP contribution in [0.4, 0.5) is 11.6 Å². The number of nitrogens with zero attached hydrogens (tertiary/aromatic N) is 3. The first kappa shape index (κ1) is 18.8. The van der Waals surface area contributed by atoms with Crippen LogP contribution in [0.2, 0.25) is 0 Å². The van der Waals surface area contributed by atoms with Crippen LogP contribution in [-0.2, 0) is 6.54 Å². The minimum absolute atomic E-state index is 0.340. The van der Waals surface area contributed by atoms with E-state index in [9.17, 15) is 4.79 Å². The number of hydrogen-bond acceptors (Lipinski definition) is 5. The monoisotopic (exact) mass is 405 g/mol. The highest BCUT2D eigenvalue weighted by Gasteiger charge is 2.07. The Hall–Kier alpha value is -3.52. The number of nitrogens with one attached hydrogen (secondary N) is 2. The normalized spacial score (nSPS) is 10.8. The fraction of sp³-hybridized carbons (Fsp3) is 0.143. The summed E-state index contributed by atoms with van der Waals surface area (Å²) in [5.41, 5.74) is 4.04. The zero-order valence-corrected chi connectivity index (χ0v) is 16.8. The first-order valence-electron chi connectivity index (χ1n) is 9.04. The zero-order chi connectivity index (χ0) is 20.4. The maximum Gasteiger partial charge on any atom is 0.336 e. The summed E-state index contributed by atoms with van der Waals surface area (Å²) in [7, 11) is 0. The number of thiocarbonyl (C=S) groups is 1. The lowest BCUT2D eigenvalue weighted by Crippen LogP contribution is -2.20. The SMILES string of the molecule is Cc1cccc(Cn2cnc(NC(=S)Nc3ccc4c(C)cc(=O)oc4c3)n2)c1. The van der Waals surface area contributed by atoms with E-state index >= 15 is 0 Å². The van der Waals surface area contributed by atoms with Gasteiger partial charge in [0.25, 0.3) is 0 Å². The summed E-state index contributed by atoms with van der Waals surface area (Å²) >= 11 is 5.34. The summed E-state index contributed by atoms with van der Waals surface area (Å²) in [6, 6.07) is 15.2. The van der Waals surface area contributed by atoms with E-state index in [1.807, 2.05) is 31.2 Å². The lowest BCUT2D eigenvalue weighted by atomic mass is 10.1. The first-order chi connectivity index (χ1) is 14.0. The molecule has 0 aliphatic carbocycles. The predicted molar refractivity (Wildman–Crippen MR) is 117 cm³/mol. The number of fused-ring (bicyclic) bond motifs is 1. The second-order valence-corrected chi connectivity index (χ2v) is 7.20. The van der Waals surface area contributed by atoms with Crippen LogP contribution in [0.3, 0.4) is 0 Å². The number of aryl methyl sites for hydroxylation is 2. The third kappa shape index (κ3) is 4.49. The molecular weight excluding hydrogens is 386 g/mol. The van der Waals surface area contributed by atoms with Gasteiger partial charge in [0, 0.05) is 23.2 Å². The van der Waals surface area contributed by atoms with Crippen molar-refractivity contribution in [1.29, 1.82) is 0 Å². The Morgan fingerprint density at radius 2 is 2.00 bits per heavy atom. The number of benzene rings is 2. The van der Waals surface area contributed by atoms with Gasteiger partial charge in [-0.15, -0.1) is 5.10 Å². The Labute approximate surface area is 172 Å². The minimum atomic E-state index is -0.379. The molecule has 29 heavy (non-hydrogen) atoms. The fourth-order valence-corrected chi connectivity index (χ4v) is 3.30. The Morgan fingerprint density at radius 1 is 1.14 bits per heavy atom. The molecule has 0 aliphatic rings. The third-order valence-corrected chi connectivity index (χ3v) is 4.60. The molecule has 8 heteroatoms. The molecule has 4 aromatic rings. The van der Waals surface area contributed by atoms with Gasteiger partial charge >= 0.3 is 5.63 Å². The Bertz CT molecular complexity index is 1260. The Kier molecular flexibility index (Phi) is 5.09. The summed E-state index contributed by atoms with van der Waals surface area (Å²) in [4.78, 5) is 15.8. The van der Waals surface area contributed by atoms with Gasteiger partial charge in [0.05, 0.1) is 6.54 Å². The van der Waals surface area contributed by atoms with Gasteiger partial charge < -0.3 is 9.73 Å². The second-order valence-electron chi connectivity index (χ2n) is 6.79.